The zero-order valence-corrected chi connectivity index (χ0v) is 19.5. The number of nitrogens with one attached hydrogen (secondary N) is 1. The molecule has 158 valence electrons. The zero-order chi connectivity index (χ0) is 21.4. The number of carbonyl (C=O) groups is 1. The first-order chi connectivity index (χ1) is 14.4. The van der Waals surface area contributed by atoms with Gasteiger partial charge in [-0.15, -0.1) is 11.3 Å². The van der Waals surface area contributed by atoms with Crippen LogP contribution in [0.2, 0.25) is 0 Å². The molecular weight excluding hydrogens is 414 g/mol. The number of aryl methyl sites for hydroxylation is 4. The third-order valence-corrected chi connectivity index (χ3v) is 7.74. The van der Waals surface area contributed by atoms with Crippen LogP contribution in [0.3, 0.4) is 0 Å². The van der Waals surface area contributed by atoms with Gasteiger partial charge in [-0.25, -0.2) is 4.98 Å². The Morgan fingerprint density at radius 3 is 2.87 bits per heavy atom. The van der Waals surface area contributed by atoms with Crippen molar-refractivity contribution < 1.29 is 4.79 Å². The average Bonchev–Trinajstić information content (AvgIpc) is 3.28. The van der Waals surface area contributed by atoms with Crippen molar-refractivity contribution in [1.29, 1.82) is 0 Å². The summed E-state index contributed by atoms with van der Waals surface area (Å²) < 4.78 is 1.72. The number of thiophene rings is 1. The van der Waals surface area contributed by atoms with Crippen LogP contribution < -0.4 is 10.9 Å². The van der Waals surface area contributed by atoms with Crippen molar-refractivity contribution >= 4 is 39.2 Å². The van der Waals surface area contributed by atoms with Crippen LogP contribution in [0, 0.1) is 13.8 Å². The summed E-state index contributed by atoms with van der Waals surface area (Å²) in [5.41, 5.74) is 4.17. The number of hydrogen-bond donors (Lipinski definition) is 1. The Hall–Kier alpha value is -2.12. The minimum absolute atomic E-state index is 0.0185. The lowest BCUT2D eigenvalue weighted by Crippen LogP contribution is -2.32. The van der Waals surface area contributed by atoms with Crippen LogP contribution in [0.25, 0.3) is 15.9 Å². The Labute approximate surface area is 184 Å². The van der Waals surface area contributed by atoms with Crippen LogP contribution in [0.5, 0.6) is 0 Å². The Kier molecular flexibility index (Phi) is 6.02. The molecule has 1 unspecified atom stereocenters. The summed E-state index contributed by atoms with van der Waals surface area (Å²) in [5.74, 6) is -0.0305. The van der Waals surface area contributed by atoms with Crippen LogP contribution in [-0.4, -0.2) is 27.3 Å². The van der Waals surface area contributed by atoms with Gasteiger partial charge in [0.2, 0.25) is 5.91 Å². The number of rotatable bonds is 6. The highest BCUT2D eigenvalue weighted by Gasteiger charge is 2.26. The summed E-state index contributed by atoms with van der Waals surface area (Å²) in [4.78, 5) is 33.2. The van der Waals surface area contributed by atoms with Gasteiger partial charge in [0.25, 0.3) is 5.56 Å². The van der Waals surface area contributed by atoms with Crippen molar-refractivity contribution in [3.8, 4) is 5.69 Å². The molecule has 3 aromatic rings. The van der Waals surface area contributed by atoms with Gasteiger partial charge in [0.1, 0.15) is 4.83 Å². The Morgan fingerprint density at radius 1 is 1.33 bits per heavy atom. The molecule has 1 amide bonds. The molecule has 0 bridgehead atoms. The SMILES string of the molecule is CCCNC(=O)C(C)Sc1nc2sc3c(c2c(=O)n1-c1ccc(C)cc1C)CCC3. The summed E-state index contributed by atoms with van der Waals surface area (Å²) in [6.07, 6.45) is 3.96. The van der Waals surface area contributed by atoms with E-state index in [-0.39, 0.29) is 16.7 Å². The summed E-state index contributed by atoms with van der Waals surface area (Å²) in [6, 6.07) is 6.08. The number of amides is 1. The van der Waals surface area contributed by atoms with Crippen molar-refractivity contribution in [2.45, 2.75) is 63.8 Å². The van der Waals surface area contributed by atoms with Crippen molar-refractivity contribution in [2.24, 2.45) is 0 Å². The van der Waals surface area contributed by atoms with Crippen molar-refractivity contribution in [3.63, 3.8) is 0 Å². The number of nitrogens with zero attached hydrogens (tertiary/aromatic N) is 2. The Balaban J connectivity index is 1.88. The third kappa shape index (κ3) is 3.81. The lowest BCUT2D eigenvalue weighted by Gasteiger charge is -2.17. The fourth-order valence-corrected chi connectivity index (χ4v) is 6.22. The lowest BCUT2D eigenvalue weighted by molar-refractivity contribution is -0.120. The molecule has 1 aliphatic rings. The minimum Gasteiger partial charge on any atom is -0.355 e. The van der Waals surface area contributed by atoms with Gasteiger partial charge < -0.3 is 5.32 Å². The topological polar surface area (TPSA) is 64.0 Å². The van der Waals surface area contributed by atoms with E-state index >= 15 is 0 Å². The van der Waals surface area contributed by atoms with Crippen LogP contribution in [0.1, 0.15) is 48.3 Å². The second kappa shape index (κ2) is 8.55. The molecule has 2 heterocycles. The van der Waals surface area contributed by atoms with E-state index in [1.165, 1.54) is 22.2 Å². The van der Waals surface area contributed by atoms with Gasteiger partial charge in [-0.05, 0) is 63.6 Å². The maximum absolute atomic E-state index is 13.7. The maximum Gasteiger partial charge on any atom is 0.267 e. The second-order valence-electron chi connectivity index (χ2n) is 7.91. The Morgan fingerprint density at radius 2 is 2.13 bits per heavy atom. The van der Waals surface area contributed by atoms with E-state index in [9.17, 15) is 9.59 Å². The van der Waals surface area contributed by atoms with Crippen molar-refractivity contribution in [2.75, 3.05) is 6.54 Å². The van der Waals surface area contributed by atoms with Crippen LogP contribution in [-0.2, 0) is 17.6 Å². The summed E-state index contributed by atoms with van der Waals surface area (Å²) >= 11 is 2.99. The predicted octanol–water partition coefficient (Wildman–Crippen LogP) is 4.56. The van der Waals surface area contributed by atoms with Crippen LogP contribution in [0.15, 0.2) is 28.2 Å². The second-order valence-corrected chi connectivity index (χ2v) is 10.3. The number of fused-ring (bicyclic) bond motifs is 3. The van der Waals surface area contributed by atoms with E-state index in [0.29, 0.717) is 11.7 Å². The van der Waals surface area contributed by atoms with Gasteiger partial charge in [0.05, 0.1) is 16.3 Å². The first-order valence-electron chi connectivity index (χ1n) is 10.5. The summed E-state index contributed by atoms with van der Waals surface area (Å²) in [6.45, 7) is 8.61. The Bertz CT molecular complexity index is 1180. The third-order valence-electron chi connectivity index (χ3n) is 5.50. The molecule has 0 fully saturated rings. The first-order valence-corrected chi connectivity index (χ1v) is 12.2. The van der Waals surface area contributed by atoms with E-state index < -0.39 is 0 Å². The number of thioether (sulfide) groups is 1. The van der Waals surface area contributed by atoms with Gasteiger partial charge >= 0.3 is 0 Å². The van der Waals surface area contributed by atoms with E-state index in [0.717, 1.165) is 52.7 Å². The normalized spacial score (nSPS) is 14.1. The highest BCUT2D eigenvalue weighted by atomic mass is 32.2. The fourth-order valence-electron chi connectivity index (χ4n) is 3.98. The molecule has 5 nitrogen and oxygen atoms in total. The summed E-state index contributed by atoms with van der Waals surface area (Å²) in [7, 11) is 0. The average molecular weight is 442 g/mol. The van der Waals surface area contributed by atoms with Gasteiger partial charge in [-0.1, -0.05) is 36.4 Å². The minimum atomic E-state index is -0.343. The fraction of sp³-hybridized carbons (Fsp3) is 0.435. The zero-order valence-electron chi connectivity index (χ0n) is 17.9. The maximum atomic E-state index is 13.7. The molecule has 0 saturated carbocycles. The number of hydrogen-bond acceptors (Lipinski definition) is 5. The lowest BCUT2D eigenvalue weighted by atomic mass is 10.1. The standard InChI is InChI=1S/C23H27N3O2S2/c1-5-11-24-20(27)15(4)29-23-25-21-19(16-7-6-8-18(16)30-21)22(28)26(23)17-10-9-13(2)12-14(17)3/h9-10,12,15H,5-8,11H2,1-4H3,(H,24,27). The van der Waals surface area contributed by atoms with Crippen molar-refractivity contribution in [3.05, 3.63) is 50.1 Å². The van der Waals surface area contributed by atoms with Gasteiger partial charge in [0.15, 0.2) is 5.16 Å². The number of carbonyl (C=O) groups excluding carboxylic acids is 1. The molecule has 1 atom stereocenters. The number of aromatic nitrogens is 2. The molecule has 2 aromatic heterocycles. The van der Waals surface area contributed by atoms with Gasteiger partial charge in [0, 0.05) is 11.4 Å². The molecule has 1 N–H and O–H groups in total. The quantitative estimate of drug-likeness (QED) is 0.450. The summed E-state index contributed by atoms with van der Waals surface area (Å²) in [5, 5.41) is 3.94. The van der Waals surface area contributed by atoms with Crippen LogP contribution in [0.4, 0.5) is 0 Å². The smallest absolute Gasteiger partial charge is 0.267 e. The van der Waals surface area contributed by atoms with E-state index in [1.807, 2.05) is 39.8 Å². The molecule has 30 heavy (non-hydrogen) atoms. The van der Waals surface area contributed by atoms with E-state index in [2.05, 4.69) is 11.4 Å². The molecular formula is C23H27N3O2S2. The molecule has 0 radical (unpaired) electrons. The number of benzene rings is 1. The molecule has 4 rings (SSSR count). The van der Waals surface area contributed by atoms with Gasteiger partial charge in [-0.3, -0.25) is 14.2 Å². The molecule has 0 saturated heterocycles. The monoisotopic (exact) mass is 441 g/mol. The molecule has 1 aromatic carbocycles. The van der Waals surface area contributed by atoms with E-state index in [1.54, 1.807) is 15.9 Å². The molecule has 1 aliphatic carbocycles. The first kappa shape index (κ1) is 21.1. The molecule has 0 spiro atoms. The van der Waals surface area contributed by atoms with Gasteiger partial charge in [-0.2, -0.15) is 0 Å². The highest BCUT2D eigenvalue weighted by Crippen LogP contribution is 2.36. The predicted molar refractivity (Wildman–Crippen MR) is 125 cm³/mol. The molecule has 0 aliphatic heterocycles. The van der Waals surface area contributed by atoms with Crippen molar-refractivity contribution in [1.82, 2.24) is 14.9 Å². The molecule has 7 heteroatoms. The van der Waals surface area contributed by atoms with Crippen LogP contribution >= 0.6 is 23.1 Å². The van der Waals surface area contributed by atoms with E-state index in [4.69, 9.17) is 4.98 Å². The largest absolute Gasteiger partial charge is 0.355 e. The highest BCUT2D eigenvalue weighted by molar-refractivity contribution is 8.00.